The molecule has 0 aromatic heterocycles. The number of likely N-dealkylation sites (tertiary alicyclic amines) is 1. The fraction of sp³-hybridized carbons (Fsp3) is 0.562. The summed E-state index contributed by atoms with van der Waals surface area (Å²) >= 11 is 12.6. The first-order chi connectivity index (χ1) is 9.92. The number of halogens is 2. The predicted octanol–water partition coefficient (Wildman–Crippen LogP) is 3.22. The van der Waals surface area contributed by atoms with Gasteiger partial charge in [0.15, 0.2) is 0 Å². The van der Waals surface area contributed by atoms with Crippen molar-refractivity contribution < 1.29 is 4.79 Å². The number of carbonyl (C=O) groups excluding carboxylic acids is 1. The third kappa shape index (κ3) is 2.45. The van der Waals surface area contributed by atoms with Gasteiger partial charge in [-0.2, -0.15) is 0 Å². The Labute approximate surface area is 135 Å². The maximum absolute atomic E-state index is 13.0. The maximum atomic E-state index is 13.0. The molecule has 3 rings (SSSR count). The van der Waals surface area contributed by atoms with E-state index in [1.165, 1.54) is 0 Å². The third-order valence-corrected chi connectivity index (χ3v) is 5.57. The van der Waals surface area contributed by atoms with E-state index in [1.54, 1.807) is 0 Å². The van der Waals surface area contributed by atoms with Crippen LogP contribution in [0, 0.1) is 5.41 Å². The van der Waals surface area contributed by atoms with Crippen molar-refractivity contribution in [1.82, 2.24) is 4.90 Å². The second-order valence-corrected chi connectivity index (χ2v) is 7.48. The van der Waals surface area contributed by atoms with E-state index in [0.29, 0.717) is 16.6 Å². The van der Waals surface area contributed by atoms with Crippen LogP contribution >= 0.6 is 23.2 Å². The largest absolute Gasteiger partial charge is 0.341 e. The number of nitrogens with zero attached hydrogens (tertiary/aromatic N) is 1. The highest BCUT2D eigenvalue weighted by Gasteiger charge is 2.56. The van der Waals surface area contributed by atoms with Crippen LogP contribution in [-0.2, 0) is 10.2 Å². The lowest BCUT2D eigenvalue weighted by Crippen LogP contribution is -2.40. The SMILES string of the molecule is CC1(CN)CCN(C(=O)C2(c3c(Cl)cccc3Cl)CC2)C1. The van der Waals surface area contributed by atoms with Gasteiger partial charge < -0.3 is 10.6 Å². The molecule has 1 saturated carbocycles. The summed E-state index contributed by atoms with van der Waals surface area (Å²) in [5, 5.41) is 1.18. The van der Waals surface area contributed by atoms with Gasteiger partial charge in [-0.1, -0.05) is 36.2 Å². The molecule has 2 N–H and O–H groups in total. The van der Waals surface area contributed by atoms with E-state index in [-0.39, 0.29) is 11.3 Å². The molecule has 0 bridgehead atoms. The number of benzene rings is 1. The Morgan fingerprint density at radius 3 is 2.38 bits per heavy atom. The van der Waals surface area contributed by atoms with Gasteiger partial charge in [-0.25, -0.2) is 0 Å². The van der Waals surface area contributed by atoms with E-state index in [1.807, 2.05) is 23.1 Å². The summed E-state index contributed by atoms with van der Waals surface area (Å²) in [6, 6.07) is 5.43. The average molecular weight is 327 g/mol. The summed E-state index contributed by atoms with van der Waals surface area (Å²) in [6.45, 7) is 4.25. The summed E-state index contributed by atoms with van der Waals surface area (Å²) in [4.78, 5) is 14.9. The molecule has 1 aromatic carbocycles. The van der Waals surface area contributed by atoms with E-state index in [2.05, 4.69) is 6.92 Å². The zero-order chi connectivity index (χ0) is 15.3. The molecule has 2 fully saturated rings. The second kappa shape index (κ2) is 5.15. The van der Waals surface area contributed by atoms with Crippen molar-refractivity contribution in [3.8, 4) is 0 Å². The van der Waals surface area contributed by atoms with Gasteiger partial charge >= 0.3 is 0 Å². The maximum Gasteiger partial charge on any atom is 0.233 e. The topological polar surface area (TPSA) is 46.3 Å². The van der Waals surface area contributed by atoms with Crippen molar-refractivity contribution in [2.45, 2.75) is 31.6 Å². The molecule has 1 unspecified atom stereocenters. The lowest BCUT2D eigenvalue weighted by Gasteiger charge is -2.27. The molecule has 1 aromatic rings. The molecule has 5 heteroatoms. The highest BCUT2D eigenvalue weighted by atomic mass is 35.5. The lowest BCUT2D eigenvalue weighted by atomic mass is 9.90. The second-order valence-electron chi connectivity index (χ2n) is 6.67. The minimum absolute atomic E-state index is 0.0377. The van der Waals surface area contributed by atoms with E-state index in [4.69, 9.17) is 28.9 Å². The average Bonchev–Trinajstić information content (AvgIpc) is 3.15. The standard InChI is InChI=1S/C16H20Cl2N2O/c1-15(9-19)7-8-20(10-15)14(21)16(5-6-16)13-11(17)3-2-4-12(13)18/h2-4H,5-10,19H2,1H3. The van der Waals surface area contributed by atoms with Crippen molar-refractivity contribution in [1.29, 1.82) is 0 Å². The first-order valence-electron chi connectivity index (χ1n) is 7.36. The Morgan fingerprint density at radius 1 is 1.29 bits per heavy atom. The minimum atomic E-state index is -0.505. The van der Waals surface area contributed by atoms with Gasteiger partial charge in [0.05, 0.1) is 5.41 Å². The predicted molar refractivity (Wildman–Crippen MR) is 85.7 cm³/mol. The van der Waals surface area contributed by atoms with Gasteiger partial charge in [-0.05, 0) is 43.4 Å². The van der Waals surface area contributed by atoms with Crippen molar-refractivity contribution in [3.05, 3.63) is 33.8 Å². The number of rotatable bonds is 3. The van der Waals surface area contributed by atoms with Gasteiger partial charge in [0.25, 0.3) is 0 Å². The van der Waals surface area contributed by atoms with E-state index >= 15 is 0 Å². The van der Waals surface area contributed by atoms with Gasteiger partial charge in [-0.15, -0.1) is 0 Å². The summed E-state index contributed by atoms with van der Waals surface area (Å²) in [5.41, 5.74) is 6.17. The number of hydrogen-bond donors (Lipinski definition) is 1. The molecule has 1 heterocycles. The summed E-state index contributed by atoms with van der Waals surface area (Å²) in [6.07, 6.45) is 2.61. The van der Waals surface area contributed by atoms with Crippen LogP contribution in [0.4, 0.5) is 0 Å². The normalized spacial score (nSPS) is 27.0. The summed E-state index contributed by atoms with van der Waals surface area (Å²) < 4.78 is 0. The Bertz CT molecular complexity index is 565. The smallest absolute Gasteiger partial charge is 0.233 e. The molecular formula is C16H20Cl2N2O. The van der Waals surface area contributed by atoms with Crippen LogP contribution in [0.5, 0.6) is 0 Å². The van der Waals surface area contributed by atoms with Crippen LogP contribution in [0.25, 0.3) is 0 Å². The Balaban J connectivity index is 1.89. The van der Waals surface area contributed by atoms with Crippen LogP contribution in [-0.4, -0.2) is 30.4 Å². The van der Waals surface area contributed by atoms with Crippen LogP contribution in [0.15, 0.2) is 18.2 Å². The van der Waals surface area contributed by atoms with Crippen molar-refractivity contribution >= 4 is 29.1 Å². The molecule has 2 aliphatic rings. The lowest BCUT2D eigenvalue weighted by molar-refractivity contribution is -0.133. The van der Waals surface area contributed by atoms with Crippen molar-refractivity contribution in [2.24, 2.45) is 11.1 Å². The Morgan fingerprint density at radius 2 is 1.90 bits per heavy atom. The monoisotopic (exact) mass is 326 g/mol. The zero-order valence-corrected chi connectivity index (χ0v) is 13.7. The zero-order valence-electron chi connectivity index (χ0n) is 12.2. The van der Waals surface area contributed by atoms with Crippen LogP contribution in [0.2, 0.25) is 10.0 Å². The molecule has 1 aliphatic carbocycles. The highest BCUT2D eigenvalue weighted by Crippen LogP contribution is 2.54. The summed E-state index contributed by atoms with van der Waals surface area (Å²) in [7, 11) is 0. The number of nitrogens with two attached hydrogens (primary N) is 1. The van der Waals surface area contributed by atoms with Gasteiger partial charge in [0.2, 0.25) is 5.91 Å². The quantitative estimate of drug-likeness (QED) is 0.926. The third-order valence-electron chi connectivity index (χ3n) is 4.94. The molecule has 0 radical (unpaired) electrons. The fourth-order valence-electron chi connectivity index (χ4n) is 3.32. The first kappa shape index (κ1) is 15.1. The molecule has 21 heavy (non-hydrogen) atoms. The molecule has 114 valence electrons. The molecule has 1 aliphatic heterocycles. The molecule has 3 nitrogen and oxygen atoms in total. The first-order valence-corrected chi connectivity index (χ1v) is 8.11. The molecule has 1 amide bonds. The molecule has 0 spiro atoms. The molecular weight excluding hydrogens is 307 g/mol. The van der Waals surface area contributed by atoms with Crippen molar-refractivity contribution in [3.63, 3.8) is 0 Å². The van der Waals surface area contributed by atoms with Crippen LogP contribution in [0.3, 0.4) is 0 Å². The Kier molecular flexibility index (Phi) is 3.71. The summed E-state index contributed by atoms with van der Waals surface area (Å²) in [5.74, 6) is 0.162. The van der Waals surface area contributed by atoms with Gasteiger partial charge in [0, 0.05) is 28.7 Å². The van der Waals surface area contributed by atoms with Crippen LogP contribution < -0.4 is 5.73 Å². The molecule has 1 saturated heterocycles. The minimum Gasteiger partial charge on any atom is -0.341 e. The van der Waals surface area contributed by atoms with Gasteiger partial charge in [-0.3, -0.25) is 4.79 Å². The number of hydrogen-bond acceptors (Lipinski definition) is 2. The Hall–Kier alpha value is -0.770. The van der Waals surface area contributed by atoms with E-state index in [0.717, 1.165) is 37.9 Å². The van der Waals surface area contributed by atoms with E-state index < -0.39 is 5.41 Å². The number of carbonyl (C=O) groups is 1. The fourth-order valence-corrected chi connectivity index (χ4v) is 4.08. The van der Waals surface area contributed by atoms with Crippen molar-refractivity contribution in [2.75, 3.05) is 19.6 Å². The van der Waals surface area contributed by atoms with E-state index in [9.17, 15) is 4.79 Å². The van der Waals surface area contributed by atoms with Crippen LogP contribution in [0.1, 0.15) is 31.7 Å². The molecule has 1 atom stereocenters. The number of amides is 1. The van der Waals surface area contributed by atoms with Gasteiger partial charge in [0.1, 0.15) is 0 Å². The highest BCUT2D eigenvalue weighted by molar-refractivity contribution is 6.36.